The van der Waals surface area contributed by atoms with Crippen molar-refractivity contribution in [3.05, 3.63) is 88.3 Å². The smallest absolute Gasteiger partial charge is 0.327 e. The Kier molecular flexibility index (Phi) is 7.64. The van der Waals surface area contributed by atoms with Crippen molar-refractivity contribution in [1.29, 1.82) is 0 Å². The number of ketones is 1. The maximum atomic E-state index is 15.2. The van der Waals surface area contributed by atoms with Crippen LogP contribution in [-0.2, 0) is 11.2 Å². The molecule has 186 valence electrons. The number of nitrogens with two attached hydrogens (primary N) is 1. The van der Waals surface area contributed by atoms with E-state index in [-0.39, 0.29) is 34.2 Å². The van der Waals surface area contributed by atoms with E-state index < -0.39 is 35.4 Å². The van der Waals surface area contributed by atoms with Gasteiger partial charge in [0.15, 0.2) is 5.78 Å². The molecule has 3 aromatic rings. The van der Waals surface area contributed by atoms with Crippen LogP contribution in [0.15, 0.2) is 60.7 Å². The van der Waals surface area contributed by atoms with Crippen LogP contribution in [0.2, 0.25) is 5.02 Å². The number of nitrogens with one attached hydrogen (secondary N) is 1. The largest absolute Gasteiger partial charge is 0.429 e. The Morgan fingerprint density at radius 1 is 1.03 bits per heavy atom. The molecule has 0 radical (unpaired) electrons. The topological polar surface area (TPSA) is 68.0 Å². The van der Waals surface area contributed by atoms with Gasteiger partial charge in [-0.2, -0.15) is 13.2 Å². The lowest BCUT2D eigenvalue weighted by atomic mass is 9.89. The first kappa shape index (κ1) is 26.7. The van der Waals surface area contributed by atoms with Crippen LogP contribution < -0.4 is 11.1 Å². The molecule has 0 aliphatic rings. The summed E-state index contributed by atoms with van der Waals surface area (Å²) < 4.78 is 69.9. The first-order valence-corrected chi connectivity index (χ1v) is 10.9. The molecule has 4 nitrogen and oxygen atoms in total. The highest BCUT2D eigenvalue weighted by Crippen LogP contribution is 2.43. The molecule has 0 aliphatic heterocycles. The Balaban J connectivity index is 2.08. The number of rotatable bonds is 8. The molecule has 3 rings (SSSR count). The molecular weight excluding hydrogens is 489 g/mol. The number of carbonyl (C=O) groups excluding carboxylic acids is 1. The van der Waals surface area contributed by atoms with Crippen LogP contribution >= 0.6 is 11.6 Å². The second-order valence-corrected chi connectivity index (χ2v) is 8.93. The third kappa shape index (κ3) is 5.69. The van der Waals surface area contributed by atoms with Crippen molar-refractivity contribution in [1.82, 2.24) is 10.3 Å². The number of hydrogen-bond acceptors (Lipinski definition) is 4. The molecule has 1 heterocycles. The number of Topliss-reactive ketones (excluding diaryl/α,β-unsaturated/α-hetero) is 1. The number of carbonyl (C=O) groups is 1. The minimum atomic E-state index is -5.34. The van der Waals surface area contributed by atoms with Gasteiger partial charge in [0.25, 0.3) is 5.67 Å². The minimum absolute atomic E-state index is 0.0663. The number of alkyl halides is 4. The van der Waals surface area contributed by atoms with Gasteiger partial charge in [-0.25, -0.2) is 13.8 Å². The van der Waals surface area contributed by atoms with Crippen LogP contribution in [0.4, 0.5) is 22.0 Å². The van der Waals surface area contributed by atoms with Crippen molar-refractivity contribution in [2.24, 2.45) is 5.73 Å². The molecule has 1 aromatic heterocycles. The van der Waals surface area contributed by atoms with E-state index in [1.807, 2.05) is 0 Å². The summed E-state index contributed by atoms with van der Waals surface area (Å²) in [6.45, 7) is 1.73. The molecule has 1 atom stereocenters. The fourth-order valence-electron chi connectivity index (χ4n) is 3.39. The van der Waals surface area contributed by atoms with E-state index in [2.05, 4.69) is 10.3 Å². The molecule has 0 saturated carbocycles. The van der Waals surface area contributed by atoms with Gasteiger partial charge >= 0.3 is 6.18 Å². The SMILES string of the molecule is CC(C)(NCC(=O)c1ccccc1)c1cc(-c2ccc(F)c(Cl)c2)nc(C(F)(CN)C(F)(F)F)c1. The zero-order valence-electron chi connectivity index (χ0n) is 18.9. The second-order valence-electron chi connectivity index (χ2n) is 8.53. The van der Waals surface area contributed by atoms with Gasteiger partial charge < -0.3 is 11.1 Å². The van der Waals surface area contributed by atoms with Crippen LogP contribution in [0.5, 0.6) is 0 Å². The number of halogens is 6. The van der Waals surface area contributed by atoms with E-state index in [9.17, 15) is 22.4 Å². The van der Waals surface area contributed by atoms with E-state index in [1.54, 1.807) is 44.2 Å². The molecule has 3 N–H and O–H groups in total. The molecule has 0 fully saturated rings. The highest BCUT2D eigenvalue weighted by Gasteiger charge is 2.57. The third-order valence-electron chi connectivity index (χ3n) is 5.69. The van der Waals surface area contributed by atoms with Crippen molar-refractivity contribution in [2.45, 2.75) is 31.2 Å². The summed E-state index contributed by atoms with van der Waals surface area (Å²) in [6.07, 6.45) is -5.34. The van der Waals surface area contributed by atoms with Gasteiger partial charge in [0.05, 0.1) is 23.0 Å². The van der Waals surface area contributed by atoms with Crippen molar-refractivity contribution in [3.63, 3.8) is 0 Å². The quantitative estimate of drug-likeness (QED) is 0.290. The predicted octanol–water partition coefficient (Wildman–Crippen LogP) is 5.93. The number of nitrogens with zero attached hydrogens (tertiary/aromatic N) is 1. The molecule has 0 saturated heterocycles. The van der Waals surface area contributed by atoms with Crippen molar-refractivity contribution < 1.29 is 26.7 Å². The summed E-state index contributed by atoms with van der Waals surface area (Å²) in [4.78, 5) is 16.4. The molecule has 1 unspecified atom stereocenters. The van der Waals surface area contributed by atoms with Gasteiger partial charge in [-0.3, -0.25) is 4.79 Å². The van der Waals surface area contributed by atoms with Gasteiger partial charge in [-0.15, -0.1) is 0 Å². The van der Waals surface area contributed by atoms with Gasteiger partial charge in [0, 0.05) is 23.2 Å². The van der Waals surface area contributed by atoms with Crippen molar-refractivity contribution in [2.75, 3.05) is 13.1 Å². The van der Waals surface area contributed by atoms with Crippen LogP contribution in [0.25, 0.3) is 11.3 Å². The second kappa shape index (κ2) is 10.0. The van der Waals surface area contributed by atoms with Crippen molar-refractivity contribution >= 4 is 17.4 Å². The molecular formula is C25H23ClF5N3O. The van der Waals surface area contributed by atoms with Crippen LogP contribution in [0.1, 0.15) is 35.5 Å². The van der Waals surface area contributed by atoms with Gasteiger partial charge in [-0.1, -0.05) is 41.9 Å². The predicted molar refractivity (Wildman–Crippen MR) is 124 cm³/mol. The van der Waals surface area contributed by atoms with Gasteiger partial charge in [0.2, 0.25) is 0 Å². The lowest BCUT2D eigenvalue weighted by Gasteiger charge is -2.31. The Morgan fingerprint density at radius 2 is 1.69 bits per heavy atom. The lowest BCUT2D eigenvalue weighted by molar-refractivity contribution is -0.233. The Labute approximate surface area is 204 Å². The molecule has 10 heteroatoms. The van der Waals surface area contributed by atoms with Gasteiger partial charge in [-0.05, 0) is 49.7 Å². The van der Waals surface area contributed by atoms with E-state index in [4.69, 9.17) is 17.3 Å². The molecule has 0 spiro atoms. The molecule has 35 heavy (non-hydrogen) atoms. The number of pyridine rings is 1. The Hall–Kier alpha value is -2.88. The monoisotopic (exact) mass is 511 g/mol. The summed E-state index contributed by atoms with van der Waals surface area (Å²) in [5.41, 5.74) is 0.00460. The Bertz CT molecular complexity index is 1220. The van der Waals surface area contributed by atoms with Crippen molar-refractivity contribution in [3.8, 4) is 11.3 Å². The third-order valence-corrected chi connectivity index (χ3v) is 5.98. The average molecular weight is 512 g/mol. The van der Waals surface area contributed by atoms with E-state index in [1.165, 1.54) is 18.2 Å². The van der Waals surface area contributed by atoms with Crippen LogP contribution in [-0.4, -0.2) is 30.0 Å². The normalized spacial score (nSPS) is 14.0. The summed E-state index contributed by atoms with van der Waals surface area (Å²) >= 11 is 5.84. The maximum absolute atomic E-state index is 15.2. The first-order valence-electron chi connectivity index (χ1n) is 10.6. The summed E-state index contributed by atoms with van der Waals surface area (Å²) in [7, 11) is 0. The highest BCUT2D eigenvalue weighted by atomic mass is 35.5. The standard InChI is InChI=1S/C25H23ClF5N3O/c1-23(2,33-13-21(35)15-6-4-3-5-7-15)17-11-20(16-8-9-19(27)18(26)10-16)34-22(12-17)24(28,14-32)25(29,30)31/h3-12,33H,13-14,32H2,1-2H3. The fourth-order valence-corrected chi connectivity index (χ4v) is 3.57. The molecule has 0 amide bonds. The van der Waals surface area contributed by atoms with Gasteiger partial charge in [0.1, 0.15) is 5.82 Å². The Morgan fingerprint density at radius 3 is 2.26 bits per heavy atom. The fraction of sp³-hybridized carbons (Fsp3) is 0.280. The molecule has 0 aliphatic carbocycles. The molecule has 0 bridgehead atoms. The maximum Gasteiger partial charge on any atom is 0.429 e. The zero-order chi connectivity index (χ0) is 26.0. The molecule has 2 aromatic carbocycles. The van der Waals surface area contributed by atoms with Crippen LogP contribution in [0.3, 0.4) is 0 Å². The van der Waals surface area contributed by atoms with Crippen LogP contribution in [0, 0.1) is 5.82 Å². The van der Waals surface area contributed by atoms with E-state index in [0.717, 1.165) is 12.1 Å². The average Bonchev–Trinajstić information content (AvgIpc) is 2.83. The number of aromatic nitrogens is 1. The van der Waals surface area contributed by atoms with E-state index >= 15 is 4.39 Å². The number of hydrogen-bond donors (Lipinski definition) is 2. The zero-order valence-corrected chi connectivity index (χ0v) is 19.6. The van der Waals surface area contributed by atoms with E-state index in [0.29, 0.717) is 5.56 Å². The highest BCUT2D eigenvalue weighted by molar-refractivity contribution is 6.31. The number of benzene rings is 2. The summed E-state index contributed by atoms with van der Waals surface area (Å²) in [5.74, 6) is -0.971. The lowest BCUT2D eigenvalue weighted by Crippen LogP contribution is -2.46. The first-order chi connectivity index (χ1) is 16.3. The minimum Gasteiger partial charge on any atom is -0.327 e. The summed E-state index contributed by atoms with van der Waals surface area (Å²) in [6, 6.07) is 14.3. The summed E-state index contributed by atoms with van der Waals surface area (Å²) in [5, 5.41) is 2.74.